The predicted octanol–water partition coefficient (Wildman–Crippen LogP) is 5.67. The number of nitrogens with one attached hydrogen (secondary N) is 4. The second-order valence-electron chi connectivity index (χ2n) is 13.0. The number of fused-ring (bicyclic) bond motifs is 2. The first-order valence-corrected chi connectivity index (χ1v) is 14.7. The molecule has 10 heteroatoms. The van der Waals surface area contributed by atoms with E-state index >= 15 is 0 Å². The van der Waals surface area contributed by atoms with Gasteiger partial charge in [0.05, 0.1) is 33.5 Å². The zero-order valence-electron chi connectivity index (χ0n) is 27.4. The maximum atomic E-state index is 13.3. The Morgan fingerprint density at radius 1 is 1.28 bits per heavy atom. The minimum absolute atomic E-state index is 0.0561. The number of pyridine rings is 2. The second kappa shape index (κ2) is 10.8. The van der Waals surface area contributed by atoms with Crippen molar-refractivity contribution in [2.75, 3.05) is 17.2 Å². The lowest BCUT2D eigenvalue weighted by Gasteiger charge is -2.62. The van der Waals surface area contributed by atoms with E-state index in [1.807, 2.05) is 18.3 Å². The minimum Gasteiger partial charge on any atom is -0.384 e. The fourth-order valence-electron chi connectivity index (χ4n) is 6.11. The third kappa shape index (κ3) is 5.37. The first kappa shape index (κ1) is 25.3. The Labute approximate surface area is 260 Å². The molecule has 6 N–H and O–H groups in total. The van der Waals surface area contributed by atoms with E-state index in [0.29, 0.717) is 56.1 Å². The normalized spacial score (nSPS) is 21.4. The van der Waals surface area contributed by atoms with Crippen molar-refractivity contribution in [2.24, 2.45) is 24.2 Å². The lowest BCUT2D eigenvalue weighted by Crippen LogP contribution is -2.65. The fraction of sp³-hybridized carbons (Fsp3) is 0.364. The summed E-state index contributed by atoms with van der Waals surface area (Å²) in [6, 6.07) is 12.1. The number of nitriles is 1. The van der Waals surface area contributed by atoms with Crippen molar-refractivity contribution in [3.05, 3.63) is 87.2 Å². The summed E-state index contributed by atoms with van der Waals surface area (Å²) in [5.41, 5.74) is 5.76. The van der Waals surface area contributed by atoms with Crippen molar-refractivity contribution >= 4 is 44.7 Å². The summed E-state index contributed by atoms with van der Waals surface area (Å²) in [7, 11) is 0. The molecule has 0 unspecified atom stereocenters. The summed E-state index contributed by atoms with van der Waals surface area (Å²) in [6.45, 7) is 4.30. The van der Waals surface area contributed by atoms with Crippen LogP contribution in [0.3, 0.4) is 0 Å². The monoisotopic (exact) mass is 599 g/mol. The molecule has 3 saturated carbocycles. The number of nitrogens with zero attached hydrogens (tertiary/aromatic N) is 3. The lowest BCUT2D eigenvalue weighted by atomic mass is 9.50. The molecule has 2 heterocycles. The van der Waals surface area contributed by atoms with Crippen LogP contribution in [-0.2, 0) is 6.98 Å². The molecule has 3 aliphatic carbocycles. The number of anilines is 2. The molecule has 7 rings (SSSR count). The fourth-order valence-corrected chi connectivity index (χ4v) is 6.38. The van der Waals surface area contributed by atoms with Crippen molar-refractivity contribution < 1.29 is 4.11 Å². The van der Waals surface area contributed by atoms with Gasteiger partial charge >= 0.3 is 0 Å². The van der Waals surface area contributed by atoms with Crippen LogP contribution in [0.2, 0.25) is 5.02 Å². The van der Waals surface area contributed by atoms with E-state index in [9.17, 15) is 10.1 Å². The van der Waals surface area contributed by atoms with Crippen LogP contribution in [-0.4, -0.2) is 21.6 Å². The van der Waals surface area contributed by atoms with Crippen LogP contribution < -0.4 is 32.8 Å². The van der Waals surface area contributed by atoms with Gasteiger partial charge in [-0.3, -0.25) is 15.6 Å². The average Bonchev–Trinajstić information content (AvgIpc) is 2.94. The summed E-state index contributed by atoms with van der Waals surface area (Å²) >= 11 is 6.81. The van der Waals surface area contributed by atoms with Crippen LogP contribution in [0.1, 0.15) is 61.3 Å². The maximum absolute atomic E-state index is 13.3. The lowest BCUT2D eigenvalue weighted by molar-refractivity contribution is -0.0402. The Morgan fingerprint density at radius 3 is 2.72 bits per heavy atom. The molecule has 3 fully saturated rings. The van der Waals surface area contributed by atoms with Gasteiger partial charge in [0.25, 0.3) is 5.56 Å². The molecule has 0 saturated heterocycles. The van der Waals surface area contributed by atoms with Crippen LogP contribution in [0.4, 0.5) is 11.4 Å². The number of benzene rings is 2. The van der Waals surface area contributed by atoms with Crippen LogP contribution in [0.15, 0.2) is 65.5 Å². The van der Waals surface area contributed by atoms with Crippen LogP contribution in [0.25, 0.3) is 21.7 Å². The molecule has 9 nitrogen and oxygen atoms in total. The molecule has 2 aromatic carbocycles. The summed E-state index contributed by atoms with van der Waals surface area (Å²) in [4.78, 5) is 17.8. The quantitative estimate of drug-likeness (QED) is 0.123. The van der Waals surface area contributed by atoms with E-state index in [4.69, 9.17) is 21.6 Å². The van der Waals surface area contributed by atoms with E-state index < -0.39 is 18.6 Å². The smallest absolute Gasteiger partial charge is 0.258 e. The van der Waals surface area contributed by atoms with Gasteiger partial charge in [-0.05, 0) is 65.8 Å². The third-order valence-corrected chi connectivity index (χ3v) is 8.78. The van der Waals surface area contributed by atoms with Gasteiger partial charge in [0.1, 0.15) is 6.07 Å². The highest BCUT2D eigenvalue weighted by Crippen LogP contribution is 2.57. The molecular formula is C33H37ClN8O. The Morgan fingerprint density at radius 2 is 2.07 bits per heavy atom. The van der Waals surface area contributed by atoms with Gasteiger partial charge in [-0.15, -0.1) is 0 Å². The van der Waals surface area contributed by atoms with Gasteiger partial charge in [-0.1, -0.05) is 44.5 Å². The van der Waals surface area contributed by atoms with E-state index in [1.54, 1.807) is 24.3 Å². The zero-order chi connectivity index (χ0) is 33.0. The number of hydrogen-bond acceptors (Lipinski definition) is 8. The Balaban J connectivity index is 1.49. The molecule has 43 heavy (non-hydrogen) atoms. The van der Waals surface area contributed by atoms with Gasteiger partial charge in [0, 0.05) is 58.2 Å². The SMILES string of the molecule is [2H]C([2H])([2H])n1ccc2c([C@H](Nc3cc(Cl)c4ncc(C#N)c(NCC(C)(C)C)c4c3)/C(=C/NC34CC(C3)C4)NN)cccc2c1=O. The van der Waals surface area contributed by atoms with Crippen molar-refractivity contribution in [2.45, 2.75) is 51.6 Å². The molecule has 4 aromatic rings. The molecule has 2 bridgehead atoms. The van der Waals surface area contributed by atoms with Gasteiger partial charge in [0.15, 0.2) is 0 Å². The molecular weight excluding hydrogens is 560 g/mol. The molecule has 0 aliphatic heterocycles. The molecule has 1 atom stereocenters. The highest BCUT2D eigenvalue weighted by molar-refractivity contribution is 6.35. The van der Waals surface area contributed by atoms with Crippen LogP contribution >= 0.6 is 11.6 Å². The average molecular weight is 600 g/mol. The number of rotatable bonds is 9. The van der Waals surface area contributed by atoms with Crippen LogP contribution in [0.5, 0.6) is 0 Å². The minimum atomic E-state index is -2.62. The van der Waals surface area contributed by atoms with Crippen LogP contribution in [0, 0.1) is 22.7 Å². The first-order valence-electron chi connectivity index (χ1n) is 15.8. The van der Waals surface area contributed by atoms with Gasteiger partial charge in [-0.2, -0.15) is 5.26 Å². The predicted molar refractivity (Wildman–Crippen MR) is 174 cm³/mol. The molecule has 0 amide bonds. The number of aryl methyl sites for hydroxylation is 1. The molecule has 3 aliphatic rings. The molecule has 222 valence electrons. The van der Waals surface area contributed by atoms with Crippen molar-refractivity contribution in [1.82, 2.24) is 20.3 Å². The maximum Gasteiger partial charge on any atom is 0.258 e. The standard InChI is InChI=1S/C33H37ClN8O/c1-32(2,3)18-38-28-20(15-35)16-37-29-25(28)10-21(11-26(29)34)40-30(27(41-36)17-39-33-12-19(13-33)14-33)23-6-5-7-24-22(23)8-9-42(4)31(24)43/h5-11,16-17,19,30,39-41H,12-14,18,36H2,1-4H3,(H,37,38)/b27-17-/t19?,30-,33?/m0/s1/i4D3. The summed E-state index contributed by atoms with van der Waals surface area (Å²) in [6.07, 6.45) is 8.03. The molecule has 0 radical (unpaired) electrons. The first-order chi connectivity index (χ1) is 21.7. The van der Waals surface area contributed by atoms with Crippen molar-refractivity contribution in [1.29, 1.82) is 5.26 Å². The van der Waals surface area contributed by atoms with Gasteiger partial charge in [-0.25, -0.2) is 0 Å². The van der Waals surface area contributed by atoms with E-state index in [0.717, 1.165) is 29.7 Å². The second-order valence-corrected chi connectivity index (χ2v) is 13.4. The summed E-state index contributed by atoms with van der Waals surface area (Å²) < 4.78 is 24.2. The van der Waals surface area contributed by atoms with E-state index in [1.165, 1.54) is 12.4 Å². The number of hydrogen-bond donors (Lipinski definition) is 5. The summed E-state index contributed by atoms with van der Waals surface area (Å²) in [5.74, 6) is 6.94. The van der Waals surface area contributed by atoms with Crippen molar-refractivity contribution in [3.63, 3.8) is 0 Å². The topological polar surface area (TPSA) is 133 Å². The number of aromatic nitrogens is 2. The van der Waals surface area contributed by atoms with E-state index in [-0.39, 0.29) is 16.3 Å². The Bertz CT molecular complexity index is 1960. The third-order valence-electron chi connectivity index (χ3n) is 8.49. The van der Waals surface area contributed by atoms with Crippen molar-refractivity contribution in [3.8, 4) is 6.07 Å². The number of halogens is 1. The number of hydrazine groups is 1. The largest absolute Gasteiger partial charge is 0.384 e. The highest BCUT2D eigenvalue weighted by atomic mass is 35.5. The Kier molecular flexibility index (Phi) is 6.33. The zero-order valence-corrected chi connectivity index (χ0v) is 25.1. The van der Waals surface area contributed by atoms with Gasteiger partial charge in [0.2, 0.25) is 0 Å². The van der Waals surface area contributed by atoms with E-state index in [2.05, 4.69) is 53.2 Å². The molecule has 0 spiro atoms. The molecule has 2 aromatic heterocycles. The van der Waals surface area contributed by atoms with Gasteiger partial charge < -0.3 is 25.9 Å². The Hall–Kier alpha value is -4.26. The summed E-state index contributed by atoms with van der Waals surface area (Å²) in [5, 5.41) is 22.4. The highest BCUT2D eigenvalue weighted by Gasteiger charge is 2.56. The number of nitrogens with two attached hydrogens (primary N) is 1.